The average molecular weight is 315 g/mol. The highest BCUT2D eigenvalue weighted by Gasteiger charge is 2.31. The zero-order valence-corrected chi connectivity index (χ0v) is 12.7. The second kappa shape index (κ2) is 6.21. The number of carboxylic acid groups (broad SMARTS) is 1. The minimum absolute atomic E-state index is 0.0350. The van der Waals surface area contributed by atoms with Gasteiger partial charge in [-0.3, -0.25) is 9.89 Å². The van der Waals surface area contributed by atoms with Crippen molar-refractivity contribution in [3.63, 3.8) is 0 Å². The molecule has 7 nitrogen and oxygen atoms in total. The first-order valence-electron chi connectivity index (χ1n) is 7.32. The van der Waals surface area contributed by atoms with Crippen LogP contribution in [-0.4, -0.2) is 57.9 Å². The van der Waals surface area contributed by atoms with E-state index in [4.69, 9.17) is 9.84 Å². The highest BCUT2D eigenvalue weighted by molar-refractivity contribution is 5.95. The maximum atomic E-state index is 12.6. The molecule has 1 saturated heterocycles. The van der Waals surface area contributed by atoms with Crippen LogP contribution in [-0.2, 0) is 9.53 Å². The highest BCUT2D eigenvalue weighted by atomic mass is 16.5. The van der Waals surface area contributed by atoms with Gasteiger partial charge in [-0.25, -0.2) is 4.79 Å². The van der Waals surface area contributed by atoms with Crippen molar-refractivity contribution in [2.45, 2.75) is 13.0 Å². The number of aliphatic carboxylic acids is 1. The highest BCUT2D eigenvalue weighted by Crippen LogP contribution is 2.24. The van der Waals surface area contributed by atoms with Gasteiger partial charge in [0, 0.05) is 17.7 Å². The van der Waals surface area contributed by atoms with Crippen LogP contribution in [0.5, 0.6) is 0 Å². The number of benzene rings is 1. The molecule has 1 amide bonds. The summed E-state index contributed by atoms with van der Waals surface area (Å²) in [7, 11) is 0. The Hall–Kier alpha value is -2.67. The molecule has 1 fully saturated rings. The molecule has 0 unspecified atom stereocenters. The topological polar surface area (TPSA) is 95.5 Å². The molecule has 2 heterocycles. The number of nitrogens with zero attached hydrogens (tertiary/aromatic N) is 2. The Bertz CT molecular complexity index is 726. The summed E-state index contributed by atoms with van der Waals surface area (Å²) in [6.07, 6.45) is -0.982. The Morgan fingerprint density at radius 3 is 2.78 bits per heavy atom. The van der Waals surface area contributed by atoms with E-state index in [1.165, 1.54) is 4.90 Å². The van der Waals surface area contributed by atoms with E-state index in [0.29, 0.717) is 12.2 Å². The summed E-state index contributed by atoms with van der Waals surface area (Å²) < 4.78 is 5.14. The van der Waals surface area contributed by atoms with Crippen LogP contribution >= 0.6 is 0 Å². The van der Waals surface area contributed by atoms with E-state index in [-0.39, 0.29) is 19.1 Å². The number of aromatic amines is 1. The summed E-state index contributed by atoms with van der Waals surface area (Å²) in [5.41, 5.74) is 2.78. The number of aromatic nitrogens is 2. The first-order chi connectivity index (χ1) is 11.1. The summed E-state index contributed by atoms with van der Waals surface area (Å²) in [6.45, 7) is 2.44. The van der Waals surface area contributed by atoms with Gasteiger partial charge in [0.05, 0.1) is 18.8 Å². The fraction of sp³-hybridized carbons (Fsp3) is 0.312. The summed E-state index contributed by atoms with van der Waals surface area (Å²) >= 11 is 0. The van der Waals surface area contributed by atoms with E-state index in [2.05, 4.69) is 10.2 Å². The monoisotopic (exact) mass is 315 g/mol. The molecule has 2 N–H and O–H groups in total. The van der Waals surface area contributed by atoms with Crippen LogP contribution in [0.25, 0.3) is 11.3 Å². The van der Waals surface area contributed by atoms with Crippen LogP contribution in [0.15, 0.2) is 30.3 Å². The molecule has 1 aliphatic rings. The van der Waals surface area contributed by atoms with E-state index in [0.717, 1.165) is 16.8 Å². The second-order valence-corrected chi connectivity index (χ2v) is 5.39. The van der Waals surface area contributed by atoms with Crippen molar-refractivity contribution in [2.75, 3.05) is 19.7 Å². The Kier molecular flexibility index (Phi) is 4.12. The van der Waals surface area contributed by atoms with Crippen LogP contribution in [0, 0.1) is 6.92 Å². The van der Waals surface area contributed by atoms with E-state index < -0.39 is 12.1 Å². The van der Waals surface area contributed by atoms with E-state index in [1.807, 2.05) is 37.3 Å². The van der Waals surface area contributed by atoms with Gasteiger partial charge >= 0.3 is 5.97 Å². The fourth-order valence-electron chi connectivity index (χ4n) is 2.62. The van der Waals surface area contributed by atoms with Crippen molar-refractivity contribution in [1.29, 1.82) is 0 Å². The molecule has 1 aromatic carbocycles. The minimum atomic E-state index is -1.06. The lowest BCUT2D eigenvalue weighted by molar-refractivity contribution is -0.154. The number of carbonyl (C=O) groups is 2. The normalized spacial score (nSPS) is 18.0. The van der Waals surface area contributed by atoms with Gasteiger partial charge in [0.2, 0.25) is 0 Å². The van der Waals surface area contributed by atoms with E-state index in [9.17, 15) is 9.59 Å². The van der Waals surface area contributed by atoms with Crippen LogP contribution in [0.3, 0.4) is 0 Å². The molecule has 2 aromatic rings. The summed E-state index contributed by atoms with van der Waals surface area (Å²) in [5.74, 6) is -1.32. The summed E-state index contributed by atoms with van der Waals surface area (Å²) in [4.78, 5) is 25.2. The molecule has 1 atom stereocenters. The predicted octanol–water partition coefficient (Wildman–Crippen LogP) is 1.31. The lowest BCUT2D eigenvalue weighted by Gasteiger charge is -2.30. The van der Waals surface area contributed by atoms with Gasteiger partial charge in [0.25, 0.3) is 5.91 Å². The molecule has 0 saturated carbocycles. The largest absolute Gasteiger partial charge is 0.479 e. The molecule has 0 bridgehead atoms. The third kappa shape index (κ3) is 2.95. The molecular weight excluding hydrogens is 298 g/mol. The van der Waals surface area contributed by atoms with Gasteiger partial charge in [0.15, 0.2) is 6.10 Å². The number of ether oxygens (including phenoxy) is 1. The minimum Gasteiger partial charge on any atom is -0.479 e. The maximum Gasteiger partial charge on any atom is 0.334 e. The standard InChI is InChI=1S/C16H17N3O4/c1-10-13(11-5-3-2-4-6-11)17-18-14(10)15(20)19-7-8-23-12(9-19)16(21)22/h2-6,12H,7-9H2,1H3,(H,17,18)(H,21,22)/t12-/m0/s1. The number of hydrogen-bond acceptors (Lipinski definition) is 4. The number of rotatable bonds is 3. The van der Waals surface area contributed by atoms with Crippen molar-refractivity contribution in [2.24, 2.45) is 0 Å². The van der Waals surface area contributed by atoms with Crippen LogP contribution < -0.4 is 0 Å². The second-order valence-electron chi connectivity index (χ2n) is 5.39. The molecule has 0 radical (unpaired) electrons. The number of morpholine rings is 1. The first kappa shape index (κ1) is 15.2. The number of hydrogen-bond donors (Lipinski definition) is 2. The molecule has 1 aromatic heterocycles. The Morgan fingerprint density at radius 2 is 2.09 bits per heavy atom. The van der Waals surface area contributed by atoms with Crippen molar-refractivity contribution in [3.8, 4) is 11.3 Å². The number of carbonyl (C=O) groups excluding carboxylic acids is 1. The van der Waals surface area contributed by atoms with Gasteiger partial charge in [-0.15, -0.1) is 0 Å². The SMILES string of the molecule is Cc1c(-c2ccccc2)n[nH]c1C(=O)N1CCO[C@H](C(=O)O)C1. The van der Waals surface area contributed by atoms with Crippen LogP contribution in [0.4, 0.5) is 0 Å². The Labute approximate surface area is 132 Å². The molecule has 0 spiro atoms. The third-order valence-corrected chi connectivity index (χ3v) is 3.90. The van der Waals surface area contributed by atoms with Crippen molar-refractivity contribution in [3.05, 3.63) is 41.6 Å². The lowest BCUT2D eigenvalue weighted by Crippen LogP contribution is -2.48. The smallest absolute Gasteiger partial charge is 0.334 e. The number of carboxylic acids is 1. The summed E-state index contributed by atoms with van der Waals surface area (Å²) in [6, 6.07) is 9.57. The molecule has 0 aliphatic carbocycles. The van der Waals surface area contributed by atoms with Gasteiger partial charge in [-0.05, 0) is 6.92 Å². The van der Waals surface area contributed by atoms with Crippen molar-refractivity contribution >= 4 is 11.9 Å². The van der Waals surface area contributed by atoms with Crippen molar-refractivity contribution < 1.29 is 19.4 Å². The van der Waals surface area contributed by atoms with Crippen molar-refractivity contribution in [1.82, 2.24) is 15.1 Å². The molecular formula is C16H17N3O4. The molecule has 120 valence electrons. The molecule has 23 heavy (non-hydrogen) atoms. The zero-order valence-electron chi connectivity index (χ0n) is 12.7. The zero-order chi connectivity index (χ0) is 16.4. The Balaban J connectivity index is 1.83. The predicted molar refractivity (Wildman–Crippen MR) is 82.0 cm³/mol. The number of H-pyrrole nitrogens is 1. The van der Waals surface area contributed by atoms with E-state index in [1.54, 1.807) is 0 Å². The van der Waals surface area contributed by atoms with E-state index >= 15 is 0 Å². The molecule has 7 heteroatoms. The average Bonchev–Trinajstić information content (AvgIpc) is 2.96. The first-order valence-corrected chi connectivity index (χ1v) is 7.32. The molecule has 3 rings (SSSR count). The molecule has 1 aliphatic heterocycles. The van der Waals surface area contributed by atoms with Crippen LogP contribution in [0.2, 0.25) is 0 Å². The van der Waals surface area contributed by atoms with Gasteiger partial charge < -0.3 is 14.7 Å². The number of amides is 1. The van der Waals surface area contributed by atoms with Crippen LogP contribution in [0.1, 0.15) is 16.1 Å². The lowest BCUT2D eigenvalue weighted by atomic mass is 10.1. The fourth-order valence-corrected chi connectivity index (χ4v) is 2.62. The third-order valence-electron chi connectivity index (χ3n) is 3.90. The van der Waals surface area contributed by atoms with Gasteiger partial charge in [-0.1, -0.05) is 30.3 Å². The summed E-state index contributed by atoms with van der Waals surface area (Å²) in [5, 5.41) is 16.1. The Morgan fingerprint density at radius 1 is 1.35 bits per heavy atom. The maximum absolute atomic E-state index is 12.6. The quantitative estimate of drug-likeness (QED) is 0.890. The number of nitrogens with one attached hydrogen (secondary N) is 1. The van der Waals surface area contributed by atoms with Gasteiger partial charge in [-0.2, -0.15) is 5.10 Å². The van der Waals surface area contributed by atoms with Gasteiger partial charge in [0.1, 0.15) is 5.69 Å².